The van der Waals surface area contributed by atoms with E-state index in [9.17, 15) is 49.2 Å². The minimum Gasteiger partial charge on any atom is -0.466 e. The van der Waals surface area contributed by atoms with Crippen LogP contribution < -0.4 is 26.6 Å². The van der Waals surface area contributed by atoms with E-state index in [0.29, 0.717) is 25.1 Å². The summed E-state index contributed by atoms with van der Waals surface area (Å²) >= 11 is 0. The summed E-state index contributed by atoms with van der Waals surface area (Å²) in [4.78, 5) is 82.2. The summed E-state index contributed by atoms with van der Waals surface area (Å²) in [6.45, 7) is 27.0. The van der Waals surface area contributed by atoms with Crippen LogP contribution in [0.3, 0.4) is 0 Å². The second-order valence-corrected chi connectivity index (χ2v) is 26.9. The standard InChI is InChI=1S/C54H93N7O19/c1-49(2,3)76-44(66)56-30-20-28(21-30)23-55-24-31-18-19-32(58-45(67)77-50(4,5)6)42(73-31)74-39-34(59-46(68)78-51(7,8)9)22-33(57-41(65)35(62)29-25-61(26-29)48(70)80-53(13,14)15)38(36(39)63)75-43-37(64)40(54(16,71)27-72-43)60(17)47(69)79-52(10,11)12/h18,28-30,32-40,42-43,55,62-64,71H,19-27H2,1-17H3,(H,56,66)(H,57,65)(H,58,67)(H,59,68)/t28-,30-,32-,33-,34+,35?,36-,37-,38+,39-,40-,42-,43-,54+/m1/s1. The predicted octanol–water partition coefficient (Wildman–Crippen LogP) is 3.25. The molecule has 0 aromatic heterocycles. The monoisotopic (exact) mass is 1140 g/mol. The minimum atomic E-state index is -1.91. The Bertz CT molecular complexity index is 2190. The largest absolute Gasteiger partial charge is 0.466 e. The molecule has 0 radical (unpaired) electrons. The minimum absolute atomic E-state index is 0.0235. The maximum atomic E-state index is 14.2. The van der Waals surface area contributed by atoms with Crippen molar-refractivity contribution in [1.82, 2.24) is 36.4 Å². The third-order valence-electron chi connectivity index (χ3n) is 13.3. The smallest absolute Gasteiger partial charge is 0.410 e. The van der Waals surface area contributed by atoms with Crippen molar-refractivity contribution in [3.8, 4) is 0 Å². The number of likely N-dealkylation sites (tertiary alicyclic amines) is 1. The Kier molecular flexibility index (Phi) is 21.1. The van der Waals surface area contributed by atoms with Gasteiger partial charge in [0.2, 0.25) is 12.2 Å². The molecule has 0 aromatic carbocycles. The Labute approximate surface area is 470 Å². The second kappa shape index (κ2) is 25.7. The van der Waals surface area contributed by atoms with Gasteiger partial charge in [-0.1, -0.05) is 0 Å². The summed E-state index contributed by atoms with van der Waals surface area (Å²) in [5, 5.41) is 62.4. The van der Waals surface area contributed by atoms with Crippen molar-refractivity contribution < 1.29 is 91.8 Å². The summed E-state index contributed by atoms with van der Waals surface area (Å²) < 4.78 is 53.2. The third-order valence-corrected chi connectivity index (χ3v) is 13.3. The first-order valence-corrected chi connectivity index (χ1v) is 27.5. The van der Waals surface area contributed by atoms with E-state index in [1.165, 1.54) is 18.9 Å². The molecule has 2 saturated carbocycles. The normalized spacial score (nSPS) is 30.8. The van der Waals surface area contributed by atoms with Gasteiger partial charge in [0.05, 0.1) is 37.3 Å². The van der Waals surface area contributed by atoms with Crippen molar-refractivity contribution >= 4 is 36.4 Å². The first-order chi connectivity index (χ1) is 36.6. The number of likely N-dealkylation sites (N-methyl/N-ethyl adjacent to an activating group) is 1. The number of alkyl carbamates (subject to hydrolysis) is 3. The molecule has 458 valence electrons. The molecular formula is C54H93N7O19. The number of aliphatic hydroxyl groups excluding tert-OH is 3. The molecule has 2 saturated heterocycles. The van der Waals surface area contributed by atoms with E-state index in [1.54, 1.807) is 110 Å². The maximum Gasteiger partial charge on any atom is 0.410 e. The summed E-state index contributed by atoms with van der Waals surface area (Å²) in [5.41, 5.74) is -6.18. The molecule has 0 spiro atoms. The van der Waals surface area contributed by atoms with Gasteiger partial charge in [0, 0.05) is 32.1 Å². The Hall–Kier alpha value is -4.96. The van der Waals surface area contributed by atoms with Gasteiger partial charge in [-0.2, -0.15) is 0 Å². The van der Waals surface area contributed by atoms with Crippen LogP contribution in [0.25, 0.3) is 0 Å². The molecule has 1 unspecified atom stereocenters. The zero-order valence-electron chi connectivity index (χ0n) is 49.8. The third kappa shape index (κ3) is 19.6. The number of ether oxygens (including phenoxy) is 9. The highest BCUT2D eigenvalue weighted by Crippen LogP contribution is 2.36. The quantitative estimate of drug-likeness (QED) is 0.106. The van der Waals surface area contributed by atoms with Crippen LogP contribution in [0.4, 0.5) is 24.0 Å². The lowest BCUT2D eigenvalue weighted by molar-refractivity contribution is -0.311. The van der Waals surface area contributed by atoms with Gasteiger partial charge in [-0.15, -0.1) is 0 Å². The molecule has 3 aliphatic heterocycles. The topological polar surface area (TPSA) is 333 Å². The number of hydrogen-bond acceptors (Lipinski definition) is 20. The van der Waals surface area contributed by atoms with E-state index >= 15 is 0 Å². The lowest BCUT2D eigenvalue weighted by atomic mass is 9.80. The number of hydrogen-bond donors (Lipinski definition) is 9. The van der Waals surface area contributed by atoms with Crippen molar-refractivity contribution in [2.24, 2.45) is 11.8 Å². The van der Waals surface area contributed by atoms with Crippen molar-refractivity contribution in [3.05, 3.63) is 11.8 Å². The molecule has 12 atom stereocenters. The molecule has 9 N–H and O–H groups in total. The average Bonchev–Trinajstić information content (AvgIpc) is 3.22. The van der Waals surface area contributed by atoms with Crippen LogP contribution in [0.1, 0.15) is 136 Å². The molecule has 5 aliphatic rings. The molecule has 26 heteroatoms. The zero-order valence-corrected chi connectivity index (χ0v) is 49.8. The number of carbonyl (C=O) groups excluding carboxylic acids is 6. The Morgan fingerprint density at radius 1 is 0.688 bits per heavy atom. The zero-order chi connectivity index (χ0) is 60.2. The number of carbonyl (C=O) groups is 6. The highest BCUT2D eigenvalue weighted by Gasteiger charge is 2.56. The van der Waals surface area contributed by atoms with Crippen molar-refractivity contribution in [2.45, 2.75) is 243 Å². The van der Waals surface area contributed by atoms with Crippen LogP contribution in [0.2, 0.25) is 0 Å². The predicted molar refractivity (Wildman–Crippen MR) is 286 cm³/mol. The van der Waals surface area contributed by atoms with E-state index in [4.69, 9.17) is 42.6 Å². The lowest BCUT2D eigenvalue weighted by Gasteiger charge is -2.51. The average molecular weight is 1140 g/mol. The fraction of sp³-hybridized carbons (Fsp3) is 0.852. The maximum absolute atomic E-state index is 14.2. The first kappa shape index (κ1) is 65.8. The van der Waals surface area contributed by atoms with Gasteiger partial charge >= 0.3 is 30.5 Å². The highest BCUT2D eigenvalue weighted by atomic mass is 16.7. The van der Waals surface area contributed by atoms with Gasteiger partial charge in [0.1, 0.15) is 69.9 Å². The molecule has 4 fully saturated rings. The Balaban J connectivity index is 1.46. The van der Waals surface area contributed by atoms with Crippen molar-refractivity contribution in [2.75, 3.05) is 39.8 Å². The first-order valence-electron chi connectivity index (χ1n) is 27.5. The number of nitrogens with zero attached hydrogens (tertiary/aromatic N) is 2. The van der Waals surface area contributed by atoms with Crippen LogP contribution in [0.15, 0.2) is 11.8 Å². The van der Waals surface area contributed by atoms with Crippen molar-refractivity contribution in [3.63, 3.8) is 0 Å². The number of rotatable bonds is 15. The number of nitrogens with one attached hydrogen (secondary N) is 5. The van der Waals surface area contributed by atoms with Crippen molar-refractivity contribution in [1.29, 1.82) is 0 Å². The molecular weight excluding hydrogens is 1050 g/mol. The van der Waals surface area contributed by atoms with Gasteiger partial charge in [-0.3, -0.25) is 4.79 Å². The van der Waals surface area contributed by atoms with E-state index in [1.807, 2.05) is 0 Å². The van der Waals surface area contributed by atoms with Gasteiger partial charge in [0.25, 0.3) is 0 Å². The van der Waals surface area contributed by atoms with E-state index in [-0.39, 0.29) is 44.4 Å². The van der Waals surface area contributed by atoms with Gasteiger partial charge in [-0.05, 0) is 155 Å². The second-order valence-electron chi connectivity index (χ2n) is 26.9. The van der Waals surface area contributed by atoms with E-state index in [0.717, 1.165) is 4.90 Å². The molecule has 0 aromatic rings. The molecule has 6 amide bonds. The van der Waals surface area contributed by atoms with E-state index in [2.05, 4.69) is 26.6 Å². The molecule has 0 bridgehead atoms. The van der Waals surface area contributed by atoms with Gasteiger partial charge < -0.3 is 99.4 Å². The SMILES string of the molecule is CN(C(=O)OC(C)(C)C)[C@@H]1[C@@H](O)[C@@H](O[C@@H]2[C@@H](O)[C@H](O[C@H]3OC(CNC[C@H]4C[C@H](NC(=O)OC(C)(C)C)C4)=CC[C@H]3NC(=O)OC(C)(C)C)[C@@H](NC(=O)OC(C)(C)C)C[C@H]2NC(=O)C(O)C2CN(C(=O)OC(C)(C)C)C2)OC[C@]1(C)O. The number of aliphatic hydroxyl groups is 4. The summed E-state index contributed by atoms with van der Waals surface area (Å²) in [6.07, 6.45) is -12.5. The Morgan fingerprint density at radius 2 is 1.18 bits per heavy atom. The van der Waals surface area contributed by atoms with Crippen LogP contribution in [0, 0.1) is 11.8 Å². The Morgan fingerprint density at radius 3 is 1.70 bits per heavy atom. The molecule has 2 aliphatic carbocycles. The summed E-state index contributed by atoms with van der Waals surface area (Å²) in [5.74, 6) is -1.05. The molecule has 5 rings (SSSR count). The van der Waals surface area contributed by atoms with Crippen LogP contribution >= 0.6 is 0 Å². The molecule has 26 nitrogen and oxygen atoms in total. The van der Waals surface area contributed by atoms with Gasteiger partial charge in [0.15, 0.2) is 6.29 Å². The van der Waals surface area contributed by atoms with Crippen LogP contribution in [-0.2, 0) is 47.4 Å². The molecule has 80 heavy (non-hydrogen) atoms. The fourth-order valence-electron chi connectivity index (χ4n) is 9.81. The van der Waals surface area contributed by atoms with Gasteiger partial charge in [-0.25, -0.2) is 24.0 Å². The summed E-state index contributed by atoms with van der Waals surface area (Å²) in [7, 11) is 1.32. The van der Waals surface area contributed by atoms with Crippen LogP contribution in [-0.4, -0.2) is 213 Å². The highest BCUT2D eigenvalue weighted by molar-refractivity contribution is 5.82. The molecule has 3 heterocycles. The van der Waals surface area contributed by atoms with E-state index < -0.39 is 150 Å². The number of amides is 6. The lowest BCUT2D eigenvalue weighted by Crippen LogP contribution is -2.71. The summed E-state index contributed by atoms with van der Waals surface area (Å²) in [6, 6.07) is -5.06. The fourth-order valence-corrected chi connectivity index (χ4v) is 9.81. The van der Waals surface area contributed by atoms with Crippen LogP contribution in [0.5, 0.6) is 0 Å².